The Morgan fingerprint density at radius 1 is 0.607 bits per heavy atom. The van der Waals surface area contributed by atoms with E-state index in [0.717, 1.165) is 22.3 Å². The lowest BCUT2D eigenvalue weighted by atomic mass is 10.1. The van der Waals surface area contributed by atoms with Crippen LogP contribution in [0.15, 0.2) is 57.4 Å². The zero-order valence-electron chi connectivity index (χ0n) is 15.1. The van der Waals surface area contributed by atoms with Crippen LogP contribution in [0.3, 0.4) is 0 Å². The molecule has 6 heteroatoms. The van der Waals surface area contributed by atoms with Crippen LogP contribution < -0.4 is 0 Å². The number of benzene rings is 3. The molecule has 4 nitrogen and oxygen atoms in total. The molecule has 5 aromatic rings. The molecule has 0 saturated carbocycles. The van der Waals surface area contributed by atoms with Crippen molar-refractivity contribution in [2.75, 3.05) is 0 Å². The Hall–Kier alpha value is -2.82. The van der Waals surface area contributed by atoms with Gasteiger partial charge in [-0.1, -0.05) is 58.6 Å². The van der Waals surface area contributed by atoms with Crippen molar-refractivity contribution < 1.29 is 8.83 Å². The van der Waals surface area contributed by atoms with E-state index >= 15 is 0 Å². The zero-order chi connectivity index (χ0) is 19.4. The lowest BCUT2D eigenvalue weighted by Gasteiger charge is -1.95. The molecule has 0 spiro atoms. The molecule has 138 valence electrons. The largest absolute Gasteiger partial charge is 0.434 e. The first-order chi connectivity index (χ1) is 13.5. The number of oxazole rings is 2. The fourth-order valence-corrected chi connectivity index (χ4v) is 3.60. The van der Waals surface area contributed by atoms with Gasteiger partial charge in [0.15, 0.2) is 11.2 Å². The minimum atomic E-state index is 0.336. The summed E-state index contributed by atoms with van der Waals surface area (Å²) < 4.78 is 11.9. The summed E-state index contributed by atoms with van der Waals surface area (Å²) in [7, 11) is 0. The van der Waals surface area contributed by atoms with Crippen molar-refractivity contribution in [3.8, 4) is 22.9 Å². The van der Waals surface area contributed by atoms with E-state index < -0.39 is 0 Å². The Labute approximate surface area is 170 Å². The van der Waals surface area contributed by atoms with Crippen LogP contribution in [0.25, 0.3) is 45.1 Å². The highest BCUT2D eigenvalue weighted by Gasteiger charge is 2.23. The highest BCUT2D eigenvalue weighted by atomic mass is 35.5. The van der Waals surface area contributed by atoms with Crippen LogP contribution in [0.4, 0.5) is 0 Å². The van der Waals surface area contributed by atoms with Gasteiger partial charge in [-0.3, -0.25) is 0 Å². The Morgan fingerprint density at radius 3 is 1.32 bits per heavy atom. The van der Waals surface area contributed by atoms with Gasteiger partial charge in [-0.2, -0.15) is 0 Å². The van der Waals surface area contributed by atoms with Crippen molar-refractivity contribution in [2.24, 2.45) is 0 Å². The Morgan fingerprint density at radius 2 is 0.964 bits per heavy atom. The summed E-state index contributed by atoms with van der Waals surface area (Å²) in [5.41, 5.74) is 5.72. The van der Waals surface area contributed by atoms with Gasteiger partial charge in [0.25, 0.3) is 0 Å². The van der Waals surface area contributed by atoms with E-state index in [-0.39, 0.29) is 0 Å². The summed E-state index contributed by atoms with van der Waals surface area (Å²) in [6.07, 6.45) is 0. The van der Waals surface area contributed by atoms with Gasteiger partial charge in [0.2, 0.25) is 11.8 Å². The Bertz CT molecular complexity index is 1180. The van der Waals surface area contributed by atoms with E-state index in [1.54, 1.807) is 0 Å². The maximum atomic E-state index is 6.58. The number of rotatable bonds is 2. The van der Waals surface area contributed by atoms with Gasteiger partial charge in [0, 0.05) is 11.1 Å². The summed E-state index contributed by atoms with van der Waals surface area (Å²) in [4.78, 5) is 9.09. The van der Waals surface area contributed by atoms with E-state index in [9.17, 15) is 0 Å². The lowest BCUT2D eigenvalue weighted by molar-refractivity contribution is 0.618. The number of nitrogens with zero attached hydrogens (tertiary/aromatic N) is 2. The highest BCUT2D eigenvalue weighted by Crippen LogP contribution is 2.42. The molecule has 2 aromatic heterocycles. The maximum absolute atomic E-state index is 6.58. The van der Waals surface area contributed by atoms with Crippen molar-refractivity contribution in [2.45, 2.75) is 13.8 Å². The topological polar surface area (TPSA) is 52.1 Å². The third-order valence-corrected chi connectivity index (χ3v) is 5.37. The van der Waals surface area contributed by atoms with Crippen LogP contribution in [0, 0.1) is 13.8 Å². The van der Waals surface area contributed by atoms with Crippen molar-refractivity contribution >= 4 is 45.4 Å². The monoisotopic (exact) mass is 408 g/mol. The summed E-state index contributed by atoms with van der Waals surface area (Å²) in [6, 6.07) is 15.8. The third kappa shape index (κ3) is 2.68. The summed E-state index contributed by atoms with van der Waals surface area (Å²) in [6.45, 7) is 4.05. The molecule has 0 radical (unpaired) electrons. The summed E-state index contributed by atoms with van der Waals surface area (Å²) in [5.74, 6) is 0.899. The van der Waals surface area contributed by atoms with Crippen molar-refractivity contribution in [3.05, 3.63) is 69.7 Å². The average Bonchev–Trinajstić information content (AvgIpc) is 3.33. The number of hydrogen-bond donors (Lipinski definition) is 0. The van der Waals surface area contributed by atoms with Crippen molar-refractivity contribution in [3.63, 3.8) is 0 Å². The number of fused-ring (bicyclic) bond motifs is 2. The molecule has 0 saturated heterocycles. The summed E-state index contributed by atoms with van der Waals surface area (Å²) >= 11 is 13.2. The minimum Gasteiger partial charge on any atom is -0.434 e. The van der Waals surface area contributed by atoms with Gasteiger partial charge in [-0.05, 0) is 38.1 Å². The fraction of sp³-hybridized carbons (Fsp3) is 0.0909. The lowest BCUT2D eigenvalue weighted by Crippen LogP contribution is -1.79. The quantitative estimate of drug-likeness (QED) is 0.309. The zero-order valence-corrected chi connectivity index (χ0v) is 16.6. The van der Waals surface area contributed by atoms with Crippen LogP contribution in [-0.4, -0.2) is 9.97 Å². The van der Waals surface area contributed by atoms with Crippen LogP contribution in [-0.2, 0) is 0 Å². The van der Waals surface area contributed by atoms with Gasteiger partial charge in [0.05, 0.1) is 0 Å². The molecule has 0 fully saturated rings. The highest BCUT2D eigenvalue weighted by molar-refractivity contribution is 6.45. The molecule has 0 unspecified atom stereocenters. The predicted molar refractivity (Wildman–Crippen MR) is 112 cm³/mol. The normalized spacial score (nSPS) is 11.6. The molecule has 3 aromatic carbocycles. The number of aryl methyl sites for hydroxylation is 2. The number of halogens is 2. The Kier molecular flexibility index (Phi) is 3.93. The molecular weight excluding hydrogens is 395 g/mol. The predicted octanol–water partition coefficient (Wildman–Crippen LogP) is 7.23. The van der Waals surface area contributed by atoms with Gasteiger partial charge in [-0.25, -0.2) is 9.97 Å². The van der Waals surface area contributed by atoms with Crippen LogP contribution in [0.5, 0.6) is 0 Å². The molecule has 0 N–H and O–H groups in total. The van der Waals surface area contributed by atoms with Crippen molar-refractivity contribution in [1.29, 1.82) is 0 Å². The number of hydrogen-bond acceptors (Lipinski definition) is 4. The van der Waals surface area contributed by atoms with Gasteiger partial charge in [-0.15, -0.1) is 0 Å². The van der Waals surface area contributed by atoms with Gasteiger partial charge in [0.1, 0.15) is 21.1 Å². The van der Waals surface area contributed by atoms with E-state index in [2.05, 4.69) is 9.97 Å². The van der Waals surface area contributed by atoms with E-state index in [1.807, 2.05) is 62.4 Å². The SMILES string of the molecule is Cc1ccc(-c2nc3c(Cl)c4oc(-c5ccc(C)cc5)nc4c(Cl)c3o2)cc1. The molecule has 5 rings (SSSR count). The van der Waals surface area contributed by atoms with Gasteiger partial charge < -0.3 is 8.83 Å². The van der Waals surface area contributed by atoms with Crippen LogP contribution in [0.1, 0.15) is 11.1 Å². The molecule has 0 aliphatic carbocycles. The van der Waals surface area contributed by atoms with Gasteiger partial charge >= 0.3 is 0 Å². The van der Waals surface area contributed by atoms with E-state index in [0.29, 0.717) is 44.0 Å². The molecule has 0 amide bonds. The third-order valence-electron chi connectivity index (χ3n) is 4.67. The maximum Gasteiger partial charge on any atom is 0.227 e. The molecule has 0 aliphatic rings. The molecule has 0 aliphatic heterocycles. The Balaban J connectivity index is 1.71. The van der Waals surface area contributed by atoms with Crippen LogP contribution >= 0.6 is 23.2 Å². The van der Waals surface area contributed by atoms with E-state index in [4.69, 9.17) is 32.0 Å². The molecule has 2 heterocycles. The summed E-state index contributed by atoms with van der Waals surface area (Å²) in [5, 5.41) is 0.671. The first-order valence-electron chi connectivity index (χ1n) is 8.73. The van der Waals surface area contributed by atoms with E-state index in [1.165, 1.54) is 0 Å². The smallest absolute Gasteiger partial charge is 0.227 e. The molecule has 0 bridgehead atoms. The fourth-order valence-electron chi connectivity index (χ4n) is 3.09. The second-order valence-electron chi connectivity index (χ2n) is 6.75. The molecule has 0 atom stereocenters. The molecular formula is C22H14Cl2N2O2. The second kappa shape index (κ2) is 6.36. The van der Waals surface area contributed by atoms with Crippen LogP contribution in [0.2, 0.25) is 10.0 Å². The first-order valence-corrected chi connectivity index (χ1v) is 9.49. The average molecular weight is 409 g/mol. The molecule has 28 heavy (non-hydrogen) atoms. The first kappa shape index (κ1) is 17.3. The number of aromatic nitrogens is 2. The van der Waals surface area contributed by atoms with Crippen molar-refractivity contribution in [1.82, 2.24) is 9.97 Å². The second-order valence-corrected chi connectivity index (χ2v) is 7.51. The standard InChI is InChI=1S/C22H14Cl2N2O2/c1-11-3-7-13(8-4-11)21-25-17-15(23)20-18(16(24)19(17)27-21)26-22(28-20)14-9-5-12(2)6-10-14/h3-10H,1-2H3. The minimum absolute atomic E-state index is 0.336.